The van der Waals surface area contributed by atoms with Gasteiger partial charge in [0.05, 0.1) is 6.21 Å². The van der Waals surface area contributed by atoms with Gasteiger partial charge in [-0.2, -0.15) is 5.10 Å². The van der Waals surface area contributed by atoms with Crippen LogP contribution in [-0.4, -0.2) is 33.3 Å². The molecule has 0 saturated carbocycles. The van der Waals surface area contributed by atoms with Crippen molar-refractivity contribution in [3.05, 3.63) is 65.7 Å². The van der Waals surface area contributed by atoms with Gasteiger partial charge < -0.3 is 9.64 Å². The Morgan fingerprint density at radius 3 is 2.35 bits per heavy atom. The molecule has 2 aromatic rings. The molecular formula is C18H21N3O2. The van der Waals surface area contributed by atoms with Crippen LogP contribution in [0.15, 0.2) is 59.7 Å². The predicted molar refractivity (Wildman–Crippen MR) is 92.7 cm³/mol. The van der Waals surface area contributed by atoms with Crippen molar-refractivity contribution in [1.29, 1.82) is 0 Å². The Kier molecular flexibility index (Phi) is 5.88. The summed E-state index contributed by atoms with van der Waals surface area (Å²) in [4.78, 5) is 14.2. The minimum Gasteiger partial charge on any atom is -0.378 e. The molecule has 0 fully saturated rings. The molecule has 5 nitrogen and oxygen atoms in total. The Balaban J connectivity index is 1.97. The average Bonchev–Trinajstić information content (AvgIpc) is 2.57. The molecule has 0 aliphatic heterocycles. The molecule has 0 radical (unpaired) electrons. The smallest absolute Gasteiger partial charge is 0.273 e. The Labute approximate surface area is 136 Å². The van der Waals surface area contributed by atoms with E-state index in [0.717, 1.165) is 16.8 Å². The largest absolute Gasteiger partial charge is 0.378 e. The summed E-state index contributed by atoms with van der Waals surface area (Å²) in [5.41, 5.74) is 5.32. The fourth-order valence-electron chi connectivity index (χ4n) is 2.11. The monoisotopic (exact) mass is 311 g/mol. The lowest BCUT2D eigenvalue weighted by molar-refractivity contribution is -0.131. The standard InChI is InChI=1S/C18H21N3O2/c1-21(2)16-11-9-14(10-12-16)13-19-20-18(22)17(23-3)15-7-5-4-6-8-15/h4-13,17H,1-3H3,(H,20,22)/b19-13-/t17-/m1/s1. The van der Waals surface area contributed by atoms with Gasteiger partial charge in [-0.15, -0.1) is 0 Å². The average molecular weight is 311 g/mol. The van der Waals surface area contributed by atoms with E-state index < -0.39 is 6.10 Å². The van der Waals surface area contributed by atoms with Crippen molar-refractivity contribution in [3.8, 4) is 0 Å². The van der Waals surface area contributed by atoms with Gasteiger partial charge in [0.1, 0.15) is 0 Å². The van der Waals surface area contributed by atoms with Crippen LogP contribution >= 0.6 is 0 Å². The van der Waals surface area contributed by atoms with Crippen LogP contribution in [0.2, 0.25) is 0 Å². The van der Waals surface area contributed by atoms with E-state index in [0.29, 0.717) is 0 Å². The van der Waals surface area contributed by atoms with Crippen molar-refractivity contribution in [2.75, 3.05) is 26.1 Å². The van der Waals surface area contributed by atoms with E-state index in [1.54, 1.807) is 6.21 Å². The SMILES string of the molecule is CO[C@@H](C(=O)N/N=C\c1ccc(N(C)C)cc1)c1ccccc1. The molecule has 1 atom stereocenters. The highest BCUT2D eigenvalue weighted by molar-refractivity contribution is 5.85. The summed E-state index contributed by atoms with van der Waals surface area (Å²) >= 11 is 0. The van der Waals surface area contributed by atoms with Crippen LogP contribution in [0.25, 0.3) is 0 Å². The number of carbonyl (C=O) groups excluding carboxylic acids is 1. The number of hydrogen-bond acceptors (Lipinski definition) is 4. The summed E-state index contributed by atoms with van der Waals surface area (Å²) in [5.74, 6) is -0.306. The van der Waals surface area contributed by atoms with Crippen LogP contribution in [0.3, 0.4) is 0 Å². The van der Waals surface area contributed by atoms with Gasteiger partial charge in [-0.25, -0.2) is 5.43 Å². The zero-order valence-electron chi connectivity index (χ0n) is 13.6. The van der Waals surface area contributed by atoms with E-state index in [4.69, 9.17) is 4.74 Å². The molecule has 5 heteroatoms. The van der Waals surface area contributed by atoms with Crippen molar-refractivity contribution in [3.63, 3.8) is 0 Å². The normalized spacial score (nSPS) is 12.1. The fraction of sp³-hybridized carbons (Fsp3) is 0.222. The Morgan fingerprint density at radius 1 is 1.13 bits per heavy atom. The topological polar surface area (TPSA) is 53.9 Å². The van der Waals surface area contributed by atoms with Crippen molar-refractivity contribution in [2.45, 2.75) is 6.10 Å². The van der Waals surface area contributed by atoms with Gasteiger partial charge in [0, 0.05) is 26.9 Å². The molecule has 2 aromatic carbocycles. The zero-order chi connectivity index (χ0) is 16.7. The first-order valence-electron chi connectivity index (χ1n) is 7.30. The van der Waals surface area contributed by atoms with Crippen LogP contribution < -0.4 is 10.3 Å². The number of nitrogens with zero attached hydrogens (tertiary/aromatic N) is 2. The van der Waals surface area contributed by atoms with Gasteiger partial charge in [0.15, 0.2) is 6.10 Å². The fourth-order valence-corrected chi connectivity index (χ4v) is 2.11. The van der Waals surface area contributed by atoms with Crippen molar-refractivity contribution >= 4 is 17.8 Å². The van der Waals surface area contributed by atoms with E-state index in [1.165, 1.54) is 7.11 Å². The second-order valence-corrected chi connectivity index (χ2v) is 5.25. The molecule has 0 heterocycles. The lowest BCUT2D eigenvalue weighted by atomic mass is 10.1. The molecule has 0 unspecified atom stereocenters. The molecule has 120 valence electrons. The van der Waals surface area contributed by atoms with Gasteiger partial charge in [-0.1, -0.05) is 42.5 Å². The number of hydrogen-bond donors (Lipinski definition) is 1. The number of carbonyl (C=O) groups is 1. The van der Waals surface area contributed by atoms with Crippen molar-refractivity contribution in [2.24, 2.45) is 5.10 Å². The number of amides is 1. The number of anilines is 1. The van der Waals surface area contributed by atoms with Crippen LogP contribution in [0.5, 0.6) is 0 Å². The highest BCUT2D eigenvalue weighted by Crippen LogP contribution is 2.16. The van der Waals surface area contributed by atoms with E-state index in [2.05, 4.69) is 10.5 Å². The predicted octanol–water partition coefficient (Wildman–Crippen LogP) is 2.59. The molecule has 23 heavy (non-hydrogen) atoms. The summed E-state index contributed by atoms with van der Waals surface area (Å²) in [6.45, 7) is 0. The van der Waals surface area contributed by atoms with Gasteiger partial charge in [-0.3, -0.25) is 4.79 Å². The minimum absolute atomic E-state index is 0.306. The molecule has 0 spiro atoms. The minimum atomic E-state index is -0.676. The second-order valence-electron chi connectivity index (χ2n) is 5.25. The van der Waals surface area contributed by atoms with Crippen molar-refractivity contribution < 1.29 is 9.53 Å². The van der Waals surface area contributed by atoms with Crippen LogP contribution in [0.4, 0.5) is 5.69 Å². The van der Waals surface area contributed by atoms with Crippen LogP contribution in [-0.2, 0) is 9.53 Å². The molecule has 0 aliphatic rings. The highest BCUT2D eigenvalue weighted by Gasteiger charge is 2.18. The van der Waals surface area contributed by atoms with E-state index in [-0.39, 0.29) is 5.91 Å². The third kappa shape index (κ3) is 4.66. The number of benzene rings is 2. The van der Waals surface area contributed by atoms with Crippen LogP contribution in [0.1, 0.15) is 17.2 Å². The van der Waals surface area contributed by atoms with E-state index >= 15 is 0 Å². The summed E-state index contributed by atoms with van der Waals surface area (Å²) in [6, 6.07) is 17.2. The molecule has 0 aromatic heterocycles. The summed E-state index contributed by atoms with van der Waals surface area (Å²) in [7, 11) is 5.47. The molecule has 2 rings (SSSR count). The molecular weight excluding hydrogens is 290 g/mol. The zero-order valence-corrected chi connectivity index (χ0v) is 13.6. The Morgan fingerprint density at radius 2 is 1.78 bits per heavy atom. The number of rotatable bonds is 6. The summed E-state index contributed by atoms with van der Waals surface area (Å²) in [6.07, 6.45) is 0.930. The first-order chi connectivity index (χ1) is 11.1. The number of nitrogens with one attached hydrogen (secondary N) is 1. The van der Waals surface area contributed by atoms with Crippen molar-refractivity contribution in [1.82, 2.24) is 5.43 Å². The molecule has 0 saturated heterocycles. The van der Waals surface area contributed by atoms with Gasteiger partial charge in [-0.05, 0) is 23.3 Å². The molecule has 0 aliphatic carbocycles. The second kappa shape index (κ2) is 8.10. The van der Waals surface area contributed by atoms with Gasteiger partial charge in [0.25, 0.3) is 5.91 Å². The summed E-state index contributed by atoms with van der Waals surface area (Å²) < 4.78 is 5.25. The third-order valence-electron chi connectivity index (χ3n) is 3.37. The van der Waals surface area contributed by atoms with E-state index in [1.807, 2.05) is 73.6 Å². The molecule has 0 bridgehead atoms. The first kappa shape index (κ1) is 16.7. The Hall–Kier alpha value is -2.66. The highest BCUT2D eigenvalue weighted by atomic mass is 16.5. The molecule has 1 amide bonds. The maximum atomic E-state index is 12.2. The molecule has 1 N–H and O–H groups in total. The maximum Gasteiger partial charge on any atom is 0.273 e. The quantitative estimate of drug-likeness (QED) is 0.659. The van der Waals surface area contributed by atoms with Gasteiger partial charge >= 0.3 is 0 Å². The first-order valence-corrected chi connectivity index (χ1v) is 7.30. The lowest BCUT2D eigenvalue weighted by Crippen LogP contribution is -2.26. The third-order valence-corrected chi connectivity index (χ3v) is 3.37. The van der Waals surface area contributed by atoms with Gasteiger partial charge in [0.2, 0.25) is 0 Å². The van der Waals surface area contributed by atoms with E-state index in [9.17, 15) is 4.79 Å². The number of ether oxygens (including phenoxy) is 1. The summed E-state index contributed by atoms with van der Waals surface area (Å²) in [5, 5.41) is 3.99. The number of methoxy groups -OCH3 is 1. The van der Waals surface area contributed by atoms with Crippen LogP contribution in [0, 0.1) is 0 Å². The lowest BCUT2D eigenvalue weighted by Gasteiger charge is -2.13. The maximum absolute atomic E-state index is 12.2. The number of hydrazone groups is 1. The Bertz CT molecular complexity index is 652.